The van der Waals surface area contributed by atoms with Crippen molar-refractivity contribution < 1.29 is 17.4 Å². The van der Waals surface area contributed by atoms with Crippen molar-refractivity contribution in [3.8, 4) is 5.75 Å². The number of amides is 1. The highest BCUT2D eigenvalue weighted by Gasteiger charge is 2.17. The summed E-state index contributed by atoms with van der Waals surface area (Å²) in [6.07, 6.45) is 0. The molecule has 0 radical (unpaired) electrons. The Kier molecular flexibility index (Phi) is 4.51. The average Bonchev–Trinajstić information content (AvgIpc) is 2.36. The lowest BCUT2D eigenvalue weighted by Crippen LogP contribution is -2.10. The van der Waals surface area contributed by atoms with Crippen molar-refractivity contribution in [2.24, 2.45) is 0 Å². The molecule has 0 unspecified atom stereocenters. The molecule has 0 spiro atoms. The number of aryl methyl sites for hydroxylation is 2. The number of nitrogens with one attached hydrogen (secondary N) is 1. The molecule has 2 aromatic carbocycles. The summed E-state index contributed by atoms with van der Waals surface area (Å²) in [5.74, 6) is 0.0607. The Labute approximate surface area is 130 Å². The van der Waals surface area contributed by atoms with Crippen molar-refractivity contribution in [1.29, 1.82) is 0 Å². The van der Waals surface area contributed by atoms with E-state index in [4.69, 9.17) is 4.18 Å². The van der Waals surface area contributed by atoms with Crippen molar-refractivity contribution in [3.63, 3.8) is 0 Å². The molecule has 0 aliphatic rings. The van der Waals surface area contributed by atoms with E-state index in [0.717, 1.165) is 11.1 Å². The third-order valence-corrected chi connectivity index (χ3v) is 4.13. The minimum absolute atomic E-state index is 0.0285. The second-order valence-corrected chi connectivity index (χ2v) is 6.61. The minimum Gasteiger partial charge on any atom is -0.379 e. The van der Waals surface area contributed by atoms with E-state index < -0.39 is 10.1 Å². The maximum Gasteiger partial charge on any atom is 0.339 e. The number of hydrogen-bond acceptors (Lipinski definition) is 4. The molecular weight excluding hydrogens is 302 g/mol. The first-order valence-corrected chi connectivity index (χ1v) is 8.07. The quantitative estimate of drug-likeness (QED) is 0.879. The van der Waals surface area contributed by atoms with Gasteiger partial charge in [-0.05, 0) is 61.4 Å². The molecule has 1 N–H and O–H groups in total. The lowest BCUT2D eigenvalue weighted by molar-refractivity contribution is -0.114. The lowest BCUT2D eigenvalue weighted by atomic mass is 10.1. The molecule has 0 aliphatic heterocycles. The van der Waals surface area contributed by atoms with E-state index in [1.807, 2.05) is 19.9 Å². The molecule has 116 valence electrons. The van der Waals surface area contributed by atoms with Gasteiger partial charge < -0.3 is 9.50 Å². The van der Waals surface area contributed by atoms with Crippen LogP contribution in [0.3, 0.4) is 0 Å². The van der Waals surface area contributed by atoms with E-state index in [1.54, 1.807) is 12.1 Å². The molecule has 0 aromatic heterocycles. The fraction of sp³-hybridized carbons (Fsp3) is 0.188. The topological polar surface area (TPSA) is 72.5 Å². The Bertz CT molecular complexity index is 775. The first-order valence-electron chi connectivity index (χ1n) is 6.67. The second-order valence-electron chi connectivity index (χ2n) is 5.07. The number of carbonyl (C=O) groups is 1. The molecule has 0 heterocycles. The molecular formula is C16H17NO4S. The molecule has 0 atom stereocenters. The molecule has 0 aliphatic carbocycles. The lowest BCUT2D eigenvalue weighted by Gasteiger charge is -2.09. The highest BCUT2D eigenvalue weighted by molar-refractivity contribution is 7.87. The summed E-state index contributed by atoms with van der Waals surface area (Å²) in [6.45, 7) is 5.12. The maximum absolute atomic E-state index is 12.2. The Morgan fingerprint density at radius 3 is 2.05 bits per heavy atom. The molecule has 6 heteroatoms. The van der Waals surface area contributed by atoms with Gasteiger partial charge in [0.1, 0.15) is 10.6 Å². The number of anilines is 1. The van der Waals surface area contributed by atoms with Gasteiger partial charge >= 0.3 is 10.1 Å². The summed E-state index contributed by atoms with van der Waals surface area (Å²) >= 11 is 0. The SMILES string of the molecule is CC(=O)Nc1ccc(S(=O)(=O)Oc2cc(C)cc(C)c2)cc1. The molecule has 0 saturated carbocycles. The first kappa shape index (κ1) is 16.0. The Morgan fingerprint density at radius 2 is 1.55 bits per heavy atom. The van der Waals surface area contributed by atoms with Crippen molar-refractivity contribution in [2.45, 2.75) is 25.7 Å². The second kappa shape index (κ2) is 6.19. The van der Waals surface area contributed by atoms with E-state index >= 15 is 0 Å². The van der Waals surface area contributed by atoms with Crippen molar-refractivity contribution in [2.75, 3.05) is 5.32 Å². The van der Waals surface area contributed by atoms with Gasteiger partial charge in [0.25, 0.3) is 0 Å². The van der Waals surface area contributed by atoms with Crippen molar-refractivity contribution >= 4 is 21.7 Å². The smallest absolute Gasteiger partial charge is 0.339 e. The largest absolute Gasteiger partial charge is 0.379 e. The minimum atomic E-state index is -3.90. The van der Waals surface area contributed by atoms with Gasteiger partial charge in [0.15, 0.2) is 0 Å². The third kappa shape index (κ3) is 4.08. The van der Waals surface area contributed by atoms with E-state index in [2.05, 4.69) is 5.32 Å². The highest BCUT2D eigenvalue weighted by atomic mass is 32.2. The summed E-state index contributed by atoms with van der Waals surface area (Å²) < 4.78 is 29.7. The van der Waals surface area contributed by atoms with Crippen LogP contribution < -0.4 is 9.50 Å². The van der Waals surface area contributed by atoms with Crippen LogP contribution in [-0.4, -0.2) is 14.3 Å². The highest BCUT2D eigenvalue weighted by Crippen LogP contribution is 2.22. The Balaban J connectivity index is 2.24. The number of benzene rings is 2. The number of carbonyl (C=O) groups excluding carboxylic acids is 1. The van der Waals surface area contributed by atoms with Crippen LogP contribution in [0.2, 0.25) is 0 Å². The summed E-state index contributed by atoms with van der Waals surface area (Å²) in [7, 11) is -3.90. The monoisotopic (exact) mass is 319 g/mol. The fourth-order valence-corrected chi connectivity index (χ4v) is 2.98. The summed E-state index contributed by atoms with van der Waals surface area (Å²) in [5, 5.41) is 2.57. The number of rotatable bonds is 4. The van der Waals surface area contributed by atoms with E-state index in [0.29, 0.717) is 5.69 Å². The van der Waals surface area contributed by atoms with Gasteiger partial charge in [-0.25, -0.2) is 0 Å². The molecule has 0 fully saturated rings. The van der Waals surface area contributed by atoms with E-state index in [9.17, 15) is 13.2 Å². The van der Waals surface area contributed by atoms with Gasteiger partial charge in [-0.3, -0.25) is 4.79 Å². The normalized spacial score (nSPS) is 11.0. The first-order chi connectivity index (χ1) is 10.3. The van der Waals surface area contributed by atoms with Crippen LogP contribution in [0.4, 0.5) is 5.69 Å². The fourth-order valence-electron chi connectivity index (χ4n) is 2.06. The zero-order valence-electron chi connectivity index (χ0n) is 12.6. The zero-order valence-corrected chi connectivity index (χ0v) is 13.4. The number of hydrogen-bond donors (Lipinski definition) is 1. The van der Waals surface area contributed by atoms with Crippen molar-refractivity contribution in [1.82, 2.24) is 0 Å². The maximum atomic E-state index is 12.2. The average molecular weight is 319 g/mol. The molecule has 5 nitrogen and oxygen atoms in total. The van der Waals surface area contributed by atoms with Gasteiger partial charge in [0, 0.05) is 12.6 Å². The molecule has 1 amide bonds. The van der Waals surface area contributed by atoms with Crippen LogP contribution in [-0.2, 0) is 14.9 Å². The zero-order chi connectivity index (χ0) is 16.3. The van der Waals surface area contributed by atoms with Gasteiger partial charge in [0.05, 0.1) is 0 Å². The van der Waals surface area contributed by atoms with Crippen molar-refractivity contribution in [3.05, 3.63) is 53.6 Å². The third-order valence-electron chi connectivity index (χ3n) is 2.86. The Morgan fingerprint density at radius 1 is 1.00 bits per heavy atom. The molecule has 0 saturated heterocycles. The van der Waals surface area contributed by atoms with Gasteiger partial charge in [-0.1, -0.05) is 6.07 Å². The molecule has 0 bridgehead atoms. The van der Waals surface area contributed by atoms with Crippen LogP contribution in [0.5, 0.6) is 5.75 Å². The summed E-state index contributed by atoms with van der Waals surface area (Å²) in [4.78, 5) is 11.0. The predicted octanol–water partition coefficient (Wildman–Crippen LogP) is 3.03. The van der Waals surface area contributed by atoms with Gasteiger partial charge in [0.2, 0.25) is 5.91 Å². The van der Waals surface area contributed by atoms with Gasteiger partial charge in [-0.15, -0.1) is 0 Å². The van der Waals surface area contributed by atoms with E-state index in [-0.39, 0.29) is 16.6 Å². The van der Waals surface area contributed by atoms with Gasteiger partial charge in [-0.2, -0.15) is 8.42 Å². The van der Waals surface area contributed by atoms with Crippen LogP contribution in [0.1, 0.15) is 18.1 Å². The predicted molar refractivity (Wildman–Crippen MR) is 84.5 cm³/mol. The molecule has 2 aromatic rings. The molecule has 2 rings (SSSR count). The van der Waals surface area contributed by atoms with E-state index in [1.165, 1.54) is 31.2 Å². The van der Waals surface area contributed by atoms with Crippen LogP contribution >= 0.6 is 0 Å². The standard InChI is InChI=1S/C16H17NO4S/c1-11-8-12(2)10-15(9-11)21-22(19,20)16-6-4-14(5-7-16)17-13(3)18/h4-10H,1-3H3,(H,17,18). The summed E-state index contributed by atoms with van der Waals surface area (Å²) in [6, 6.07) is 11.1. The van der Waals surface area contributed by atoms with Crippen LogP contribution in [0.15, 0.2) is 47.4 Å². The Hall–Kier alpha value is -2.34. The molecule has 22 heavy (non-hydrogen) atoms. The van der Waals surface area contributed by atoms with Crippen LogP contribution in [0.25, 0.3) is 0 Å². The van der Waals surface area contributed by atoms with Crippen LogP contribution in [0, 0.1) is 13.8 Å². The summed E-state index contributed by atoms with van der Waals surface area (Å²) in [5.41, 5.74) is 2.37.